The summed E-state index contributed by atoms with van der Waals surface area (Å²) in [5.41, 5.74) is 0.256. The number of nitrogens with zero attached hydrogens (tertiary/aromatic N) is 3. The minimum Gasteiger partial charge on any atom is -0.452 e. The number of esters is 1. The fraction of sp³-hybridized carbons (Fsp3) is 0.471. The number of aryl methyl sites for hydroxylation is 1. The van der Waals surface area contributed by atoms with E-state index in [2.05, 4.69) is 10.1 Å². The molecule has 1 aliphatic rings. The predicted molar refractivity (Wildman–Crippen MR) is 91.8 cm³/mol. The Morgan fingerprint density at radius 1 is 1.31 bits per heavy atom. The molecule has 2 heterocycles. The van der Waals surface area contributed by atoms with Crippen LogP contribution in [0, 0.1) is 6.92 Å². The number of sulfonamides is 1. The summed E-state index contributed by atoms with van der Waals surface area (Å²) in [4.78, 5) is 16.2. The van der Waals surface area contributed by atoms with Crippen molar-refractivity contribution in [2.45, 2.75) is 50.7 Å². The highest BCUT2D eigenvalue weighted by atomic mass is 32.2. The van der Waals surface area contributed by atoms with Gasteiger partial charge in [0.2, 0.25) is 10.0 Å². The molecule has 1 unspecified atom stereocenters. The van der Waals surface area contributed by atoms with Crippen LogP contribution in [0.15, 0.2) is 33.7 Å². The van der Waals surface area contributed by atoms with Gasteiger partial charge in [-0.15, -0.1) is 0 Å². The molecule has 26 heavy (non-hydrogen) atoms. The van der Waals surface area contributed by atoms with Crippen molar-refractivity contribution < 1.29 is 22.5 Å². The molecule has 0 amide bonds. The summed E-state index contributed by atoms with van der Waals surface area (Å²) in [6, 6.07) is 5.75. The van der Waals surface area contributed by atoms with Crippen LogP contribution in [0.2, 0.25) is 0 Å². The van der Waals surface area contributed by atoms with E-state index < -0.39 is 16.0 Å². The maximum Gasteiger partial charge on any atom is 0.338 e. The third kappa shape index (κ3) is 3.94. The third-order valence-electron chi connectivity index (χ3n) is 4.33. The van der Waals surface area contributed by atoms with Gasteiger partial charge >= 0.3 is 5.97 Å². The van der Waals surface area contributed by atoms with Gasteiger partial charge in [0, 0.05) is 12.6 Å². The van der Waals surface area contributed by atoms with Crippen molar-refractivity contribution in [3.8, 4) is 0 Å². The lowest BCUT2D eigenvalue weighted by Crippen LogP contribution is -2.41. The maximum absolute atomic E-state index is 12.8. The molecular weight excluding hydrogens is 358 g/mol. The Bertz CT molecular complexity index is 876. The lowest BCUT2D eigenvalue weighted by atomic mass is 10.1. The van der Waals surface area contributed by atoms with Gasteiger partial charge in [-0.1, -0.05) is 11.6 Å². The van der Waals surface area contributed by atoms with E-state index in [0.29, 0.717) is 12.4 Å². The average molecular weight is 379 g/mol. The van der Waals surface area contributed by atoms with Gasteiger partial charge in [-0.05, 0) is 51.0 Å². The summed E-state index contributed by atoms with van der Waals surface area (Å²) in [6.45, 7) is 3.97. The molecule has 9 heteroatoms. The van der Waals surface area contributed by atoms with E-state index >= 15 is 0 Å². The van der Waals surface area contributed by atoms with Crippen LogP contribution in [0.4, 0.5) is 0 Å². The maximum atomic E-state index is 12.8. The average Bonchev–Trinajstić information content (AvgIpc) is 3.05. The number of carbonyl (C=O) groups excluding carboxylic acids is 1. The molecule has 1 aliphatic heterocycles. The molecule has 0 bridgehead atoms. The quantitative estimate of drug-likeness (QED) is 0.734. The number of ether oxygens (including phenoxy) is 1. The molecule has 140 valence electrons. The number of rotatable bonds is 5. The van der Waals surface area contributed by atoms with Gasteiger partial charge in [0.05, 0.1) is 10.5 Å². The summed E-state index contributed by atoms with van der Waals surface area (Å²) >= 11 is 0. The Hall–Kier alpha value is -2.26. The van der Waals surface area contributed by atoms with E-state index in [-0.39, 0.29) is 29.0 Å². The zero-order chi connectivity index (χ0) is 18.7. The number of hydrogen-bond donors (Lipinski definition) is 0. The third-order valence-corrected chi connectivity index (χ3v) is 6.36. The molecule has 8 nitrogen and oxygen atoms in total. The Labute approximate surface area is 152 Å². The van der Waals surface area contributed by atoms with Gasteiger partial charge in [-0.2, -0.15) is 9.29 Å². The summed E-state index contributed by atoms with van der Waals surface area (Å²) in [5, 5.41) is 3.61. The highest BCUT2D eigenvalue weighted by molar-refractivity contribution is 7.89. The van der Waals surface area contributed by atoms with Crippen LogP contribution in [-0.2, 0) is 21.4 Å². The van der Waals surface area contributed by atoms with Gasteiger partial charge < -0.3 is 9.26 Å². The normalized spacial score (nSPS) is 18.6. The lowest BCUT2D eigenvalue weighted by molar-refractivity contribution is 0.0429. The standard InChI is InChI=1S/C17H21N3O5S/c1-12-5-3-4-10-20(12)26(22,23)15-8-6-14(7-9-15)17(21)24-11-16-18-13(2)19-25-16/h6-9,12H,3-5,10-11H2,1-2H3. The topological polar surface area (TPSA) is 103 Å². The second kappa shape index (κ2) is 7.55. The Balaban J connectivity index is 1.68. The number of benzene rings is 1. The second-order valence-electron chi connectivity index (χ2n) is 6.30. The van der Waals surface area contributed by atoms with Crippen LogP contribution in [0.3, 0.4) is 0 Å². The first-order valence-electron chi connectivity index (χ1n) is 8.46. The Kier molecular flexibility index (Phi) is 5.38. The number of aromatic nitrogens is 2. The summed E-state index contributed by atoms with van der Waals surface area (Å²) < 4.78 is 37.0. The van der Waals surface area contributed by atoms with Crippen molar-refractivity contribution in [1.82, 2.24) is 14.4 Å². The van der Waals surface area contributed by atoms with E-state index in [1.807, 2.05) is 6.92 Å². The highest BCUT2D eigenvalue weighted by Gasteiger charge is 2.30. The molecule has 0 spiro atoms. The van der Waals surface area contributed by atoms with Gasteiger partial charge in [0.15, 0.2) is 12.4 Å². The van der Waals surface area contributed by atoms with E-state index in [4.69, 9.17) is 9.26 Å². The molecule has 0 aliphatic carbocycles. The zero-order valence-corrected chi connectivity index (χ0v) is 15.5. The summed E-state index contributed by atoms with van der Waals surface area (Å²) in [7, 11) is -3.56. The van der Waals surface area contributed by atoms with Crippen LogP contribution >= 0.6 is 0 Å². The first kappa shape index (κ1) is 18.5. The molecule has 2 aromatic rings. The monoisotopic (exact) mass is 379 g/mol. The van der Waals surface area contributed by atoms with Gasteiger partial charge in [-0.3, -0.25) is 0 Å². The predicted octanol–water partition coefficient (Wildman–Crippen LogP) is 2.30. The second-order valence-corrected chi connectivity index (χ2v) is 8.19. The van der Waals surface area contributed by atoms with Crippen molar-refractivity contribution >= 4 is 16.0 Å². The molecular formula is C17H21N3O5S. The molecule has 3 rings (SSSR count). The van der Waals surface area contributed by atoms with Gasteiger partial charge in [0.1, 0.15) is 0 Å². The van der Waals surface area contributed by atoms with E-state index in [0.717, 1.165) is 19.3 Å². The smallest absolute Gasteiger partial charge is 0.338 e. The van der Waals surface area contributed by atoms with Gasteiger partial charge in [-0.25, -0.2) is 13.2 Å². The molecule has 1 atom stereocenters. The molecule has 1 aromatic heterocycles. The van der Waals surface area contributed by atoms with Crippen molar-refractivity contribution in [3.05, 3.63) is 41.5 Å². The van der Waals surface area contributed by atoms with Crippen LogP contribution in [-0.4, -0.2) is 41.4 Å². The number of carbonyl (C=O) groups is 1. The van der Waals surface area contributed by atoms with Crippen LogP contribution in [0.5, 0.6) is 0 Å². The highest BCUT2D eigenvalue weighted by Crippen LogP contribution is 2.25. The molecule has 0 radical (unpaired) electrons. The molecule has 0 saturated carbocycles. The minimum atomic E-state index is -3.56. The van der Waals surface area contributed by atoms with E-state index in [1.54, 1.807) is 6.92 Å². The van der Waals surface area contributed by atoms with Crippen molar-refractivity contribution in [1.29, 1.82) is 0 Å². The Morgan fingerprint density at radius 3 is 2.65 bits per heavy atom. The van der Waals surface area contributed by atoms with Gasteiger partial charge in [0.25, 0.3) is 5.89 Å². The summed E-state index contributed by atoms with van der Waals surface area (Å²) in [6.07, 6.45) is 2.76. The fourth-order valence-electron chi connectivity index (χ4n) is 2.94. The minimum absolute atomic E-state index is 0.0174. The molecule has 1 saturated heterocycles. The lowest BCUT2D eigenvalue weighted by Gasteiger charge is -2.32. The van der Waals surface area contributed by atoms with E-state index in [9.17, 15) is 13.2 Å². The van der Waals surface area contributed by atoms with Crippen molar-refractivity contribution in [2.75, 3.05) is 6.54 Å². The van der Waals surface area contributed by atoms with Crippen LogP contribution in [0.25, 0.3) is 0 Å². The largest absolute Gasteiger partial charge is 0.452 e. The molecule has 1 aromatic carbocycles. The molecule has 1 fully saturated rings. The first-order chi connectivity index (χ1) is 12.4. The van der Waals surface area contributed by atoms with E-state index in [1.165, 1.54) is 28.6 Å². The van der Waals surface area contributed by atoms with Crippen molar-refractivity contribution in [2.24, 2.45) is 0 Å². The van der Waals surface area contributed by atoms with Crippen molar-refractivity contribution in [3.63, 3.8) is 0 Å². The number of hydrogen-bond acceptors (Lipinski definition) is 7. The summed E-state index contributed by atoms with van der Waals surface area (Å²) in [5.74, 6) is 0.0721. The fourth-order valence-corrected chi connectivity index (χ4v) is 4.64. The SMILES string of the molecule is Cc1noc(COC(=O)c2ccc(S(=O)(=O)N3CCCCC3C)cc2)n1. The zero-order valence-electron chi connectivity index (χ0n) is 14.7. The molecule has 0 N–H and O–H groups in total. The first-order valence-corrected chi connectivity index (χ1v) is 9.90. The Morgan fingerprint density at radius 2 is 2.04 bits per heavy atom. The van der Waals surface area contributed by atoms with Crippen LogP contribution in [0.1, 0.15) is 48.3 Å². The number of piperidine rings is 1. The van der Waals surface area contributed by atoms with Crippen LogP contribution < -0.4 is 0 Å².